The fraction of sp³-hybridized carbons (Fsp3) is 0.333. The van der Waals surface area contributed by atoms with E-state index in [1.807, 2.05) is 41.7 Å². The molecule has 5 heteroatoms. The molecule has 2 heterocycles. The Morgan fingerprint density at radius 2 is 2.05 bits per heavy atom. The molecule has 0 aliphatic carbocycles. The van der Waals surface area contributed by atoms with Crippen LogP contribution in [0.3, 0.4) is 0 Å². The van der Waals surface area contributed by atoms with Gasteiger partial charge < -0.3 is 5.32 Å². The van der Waals surface area contributed by atoms with Gasteiger partial charge in [-0.05, 0) is 19.5 Å². The summed E-state index contributed by atoms with van der Waals surface area (Å²) in [6.45, 7) is 5.89. The molecule has 0 spiro atoms. The highest BCUT2D eigenvalue weighted by Crippen LogP contribution is 2.22. The normalized spacial score (nSPS) is 11.3. The molecule has 5 nitrogen and oxygen atoms in total. The molecule has 0 saturated heterocycles. The van der Waals surface area contributed by atoms with E-state index in [1.165, 1.54) is 5.56 Å². The number of rotatable bonds is 4. The second-order valence-corrected chi connectivity index (χ2v) is 4.91. The van der Waals surface area contributed by atoms with Gasteiger partial charge in [-0.2, -0.15) is 10.2 Å². The van der Waals surface area contributed by atoms with Gasteiger partial charge in [-0.15, -0.1) is 0 Å². The fourth-order valence-corrected chi connectivity index (χ4v) is 2.55. The summed E-state index contributed by atoms with van der Waals surface area (Å²) in [7, 11) is 1.97. The number of para-hydroxylation sites is 1. The van der Waals surface area contributed by atoms with Crippen LogP contribution < -0.4 is 5.32 Å². The highest BCUT2D eigenvalue weighted by molar-refractivity contribution is 5.80. The van der Waals surface area contributed by atoms with Gasteiger partial charge in [0.1, 0.15) is 0 Å². The average Bonchev–Trinajstić information content (AvgIpc) is 2.97. The van der Waals surface area contributed by atoms with Crippen molar-refractivity contribution in [1.29, 1.82) is 0 Å². The van der Waals surface area contributed by atoms with Crippen LogP contribution in [0.25, 0.3) is 16.7 Å². The molecule has 0 bridgehead atoms. The molecule has 0 amide bonds. The number of hydrogen-bond acceptors (Lipinski definition) is 3. The molecule has 20 heavy (non-hydrogen) atoms. The summed E-state index contributed by atoms with van der Waals surface area (Å²) in [6.07, 6.45) is 1.90. The maximum atomic E-state index is 4.54. The van der Waals surface area contributed by atoms with Crippen molar-refractivity contribution >= 4 is 10.9 Å². The minimum atomic E-state index is 0.805. The molecule has 104 valence electrons. The van der Waals surface area contributed by atoms with Gasteiger partial charge in [0.05, 0.1) is 17.4 Å². The molecule has 1 aromatic carbocycles. The number of aryl methyl sites for hydroxylation is 2. The Kier molecular flexibility index (Phi) is 3.28. The third kappa shape index (κ3) is 2.00. The predicted octanol–water partition coefficient (Wildman–Crippen LogP) is 2.18. The van der Waals surface area contributed by atoms with Crippen LogP contribution >= 0.6 is 0 Å². The summed E-state index contributed by atoms with van der Waals surface area (Å²) in [4.78, 5) is 0. The van der Waals surface area contributed by atoms with Crippen LogP contribution in [0, 0.1) is 6.92 Å². The van der Waals surface area contributed by atoms with E-state index in [-0.39, 0.29) is 0 Å². The van der Waals surface area contributed by atoms with Gasteiger partial charge in [-0.25, -0.2) is 4.68 Å². The minimum absolute atomic E-state index is 0.805. The fourth-order valence-electron chi connectivity index (χ4n) is 2.55. The van der Waals surface area contributed by atoms with Crippen LogP contribution in [-0.4, -0.2) is 26.1 Å². The van der Waals surface area contributed by atoms with Crippen molar-refractivity contribution < 1.29 is 0 Å². The molecular formula is C15H19N5. The highest BCUT2D eigenvalue weighted by Gasteiger charge is 2.16. The SMILES string of the molecule is CCNCc1c(C)nn(C)c1-n1ncc2ccccc21. The zero-order valence-corrected chi connectivity index (χ0v) is 12.1. The van der Waals surface area contributed by atoms with E-state index in [1.54, 1.807) is 0 Å². The van der Waals surface area contributed by atoms with Gasteiger partial charge in [0.25, 0.3) is 0 Å². The first-order valence-electron chi connectivity index (χ1n) is 6.88. The number of benzene rings is 1. The summed E-state index contributed by atoms with van der Waals surface area (Å²) in [5.74, 6) is 1.03. The molecule has 1 N–H and O–H groups in total. The molecule has 0 aliphatic heterocycles. The van der Waals surface area contributed by atoms with Crippen molar-refractivity contribution in [3.05, 3.63) is 41.7 Å². The lowest BCUT2D eigenvalue weighted by atomic mass is 10.2. The Morgan fingerprint density at radius 1 is 1.25 bits per heavy atom. The lowest BCUT2D eigenvalue weighted by Crippen LogP contribution is -2.15. The van der Waals surface area contributed by atoms with Crippen LogP contribution in [0.1, 0.15) is 18.2 Å². The van der Waals surface area contributed by atoms with Crippen LogP contribution in [0.4, 0.5) is 0 Å². The van der Waals surface area contributed by atoms with Crippen molar-refractivity contribution in [1.82, 2.24) is 24.9 Å². The van der Waals surface area contributed by atoms with Crippen LogP contribution in [0.15, 0.2) is 30.5 Å². The van der Waals surface area contributed by atoms with Gasteiger partial charge in [0.2, 0.25) is 0 Å². The summed E-state index contributed by atoms with van der Waals surface area (Å²) in [6, 6.07) is 8.23. The van der Waals surface area contributed by atoms with Gasteiger partial charge >= 0.3 is 0 Å². The molecule has 2 aromatic heterocycles. The topological polar surface area (TPSA) is 47.7 Å². The van der Waals surface area contributed by atoms with Crippen molar-refractivity contribution in [3.8, 4) is 5.82 Å². The largest absolute Gasteiger partial charge is 0.313 e. The van der Waals surface area contributed by atoms with E-state index < -0.39 is 0 Å². The van der Waals surface area contributed by atoms with Gasteiger partial charge in [0, 0.05) is 24.5 Å². The zero-order chi connectivity index (χ0) is 14.1. The molecule has 0 fully saturated rings. The van der Waals surface area contributed by atoms with E-state index >= 15 is 0 Å². The third-order valence-electron chi connectivity index (χ3n) is 3.54. The Balaban J connectivity index is 2.18. The molecule has 0 atom stereocenters. The summed E-state index contributed by atoms with van der Waals surface area (Å²) < 4.78 is 3.88. The van der Waals surface area contributed by atoms with E-state index in [0.717, 1.165) is 35.5 Å². The number of nitrogens with one attached hydrogen (secondary N) is 1. The van der Waals surface area contributed by atoms with Crippen molar-refractivity contribution in [2.45, 2.75) is 20.4 Å². The number of fused-ring (bicyclic) bond motifs is 1. The number of hydrogen-bond donors (Lipinski definition) is 1. The van der Waals surface area contributed by atoms with Crippen LogP contribution in [0.5, 0.6) is 0 Å². The Labute approximate surface area is 118 Å². The first-order valence-corrected chi connectivity index (χ1v) is 6.88. The Morgan fingerprint density at radius 3 is 2.85 bits per heavy atom. The van der Waals surface area contributed by atoms with E-state index in [0.29, 0.717) is 0 Å². The maximum absolute atomic E-state index is 4.54. The van der Waals surface area contributed by atoms with E-state index in [9.17, 15) is 0 Å². The Hall–Kier alpha value is -2.14. The first-order chi connectivity index (χ1) is 9.72. The first kappa shape index (κ1) is 12.9. The molecule has 0 saturated carbocycles. The summed E-state index contributed by atoms with van der Waals surface area (Å²) in [5.41, 5.74) is 3.35. The number of nitrogens with zero attached hydrogens (tertiary/aromatic N) is 4. The van der Waals surface area contributed by atoms with E-state index in [4.69, 9.17) is 0 Å². The van der Waals surface area contributed by atoms with Crippen molar-refractivity contribution in [3.63, 3.8) is 0 Å². The highest BCUT2D eigenvalue weighted by atomic mass is 15.4. The molecular weight excluding hydrogens is 250 g/mol. The van der Waals surface area contributed by atoms with Gasteiger partial charge in [-0.3, -0.25) is 4.68 Å². The molecule has 3 rings (SSSR count). The van der Waals surface area contributed by atoms with Gasteiger partial charge in [-0.1, -0.05) is 25.1 Å². The second kappa shape index (κ2) is 5.09. The third-order valence-corrected chi connectivity index (χ3v) is 3.54. The lowest BCUT2D eigenvalue weighted by molar-refractivity contribution is 0.687. The van der Waals surface area contributed by atoms with Crippen molar-refractivity contribution in [2.24, 2.45) is 7.05 Å². The van der Waals surface area contributed by atoms with Crippen LogP contribution in [-0.2, 0) is 13.6 Å². The molecule has 0 radical (unpaired) electrons. The standard InChI is InChI=1S/C15H19N5/c1-4-16-10-13-11(2)18-19(3)15(13)20-14-8-6-5-7-12(14)9-17-20/h5-9,16H,4,10H2,1-3H3. The number of aromatic nitrogens is 4. The second-order valence-electron chi connectivity index (χ2n) is 4.91. The quantitative estimate of drug-likeness (QED) is 0.789. The molecule has 3 aromatic rings. The monoisotopic (exact) mass is 269 g/mol. The summed E-state index contributed by atoms with van der Waals surface area (Å²) in [5, 5.41) is 13.6. The smallest absolute Gasteiger partial charge is 0.157 e. The van der Waals surface area contributed by atoms with Gasteiger partial charge in [0.15, 0.2) is 5.82 Å². The summed E-state index contributed by atoms with van der Waals surface area (Å²) >= 11 is 0. The van der Waals surface area contributed by atoms with Crippen LogP contribution in [0.2, 0.25) is 0 Å². The minimum Gasteiger partial charge on any atom is -0.313 e. The maximum Gasteiger partial charge on any atom is 0.157 e. The van der Waals surface area contributed by atoms with Crippen molar-refractivity contribution in [2.75, 3.05) is 6.54 Å². The predicted molar refractivity (Wildman–Crippen MR) is 80.0 cm³/mol. The van der Waals surface area contributed by atoms with E-state index in [2.05, 4.69) is 34.6 Å². The molecule has 0 aliphatic rings. The average molecular weight is 269 g/mol. The Bertz CT molecular complexity index is 738. The molecule has 0 unspecified atom stereocenters. The zero-order valence-electron chi connectivity index (χ0n) is 12.1. The lowest BCUT2D eigenvalue weighted by Gasteiger charge is -2.08.